The summed E-state index contributed by atoms with van der Waals surface area (Å²) in [7, 11) is 1.23. The monoisotopic (exact) mass is 267 g/mol. The van der Waals surface area contributed by atoms with Crippen LogP contribution in [-0.2, 0) is 9.53 Å². The van der Waals surface area contributed by atoms with Crippen LogP contribution in [0.5, 0.6) is 5.75 Å². The van der Waals surface area contributed by atoms with Crippen molar-refractivity contribution in [2.75, 3.05) is 7.11 Å². The van der Waals surface area contributed by atoms with Crippen molar-refractivity contribution in [3.05, 3.63) is 28.8 Å². The summed E-state index contributed by atoms with van der Waals surface area (Å²) in [6.45, 7) is 0. The maximum atomic E-state index is 11.3. The lowest BCUT2D eigenvalue weighted by Crippen LogP contribution is -2.22. The van der Waals surface area contributed by atoms with Crippen LogP contribution in [0.4, 0.5) is 0 Å². The van der Waals surface area contributed by atoms with Gasteiger partial charge in [-0.05, 0) is 18.2 Å². The molecule has 1 rings (SSSR count). The van der Waals surface area contributed by atoms with E-state index in [0.717, 1.165) is 6.21 Å². The number of benzene rings is 1. The number of hydrogen-bond acceptors (Lipinski definition) is 6. The van der Waals surface area contributed by atoms with E-state index in [1.54, 1.807) is 6.07 Å². The fourth-order valence-electron chi connectivity index (χ4n) is 1.18. The predicted octanol–water partition coefficient (Wildman–Crippen LogP) is 1.40. The van der Waals surface area contributed by atoms with Gasteiger partial charge in [-0.1, -0.05) is 16.8 Å². The van der Waals surface area contributed by atoms with Gasteiger partial charge in [-0.3, -0.25) is 4.79 Å². The molecular weight excluding hydrogens is 258 g/mol. The number of nitrogens with zero attached hydrogens (tertiary/aromatic N) is 2. The summed E-state index contributed by atoms with van der Waals surface area (Å²) < 4.78 is 4.52. The molecule has 0 bridgehead atoms. The Labute approximate surface area is 109 Å². The van der Waals surface area contributed by atoms with Gasteiger partial charge < -0.3 is 15.3 Å². The van der Waals surface area contributed by atoms with Crippen molar-refractivity contribution in [1.29, 1.82) is 5.26 Å². The number of nitriles is 1. The van der Waals surface area contributed by atoms with Gasteiger partial charge in [0.05, 0.1) is 7.11 Å². The lowest BCUT2D eigenvalue weighted by Gasteiger charge is -2.12. The van der Waals surface area contributed by atoms with Crippen LogP contribution in [0.1, 0.15) is 11.6 Å². The molecule has 1 atom stereocenters. The minimum absolute atomic E-state index is 0.306. The molecule has 0 fully saturated rings. The van der Waals surface area contributed by atoms with Gasteiger partial charge in [-0.15, -0.1) is 0 Å². The highest BCUT2D eigenvalue weighted by Gasteiger charge is 2.19. The Morgan fingerprint density at radius 1 is 1.67 bits per heavy atom. The summed E-state index contributed by atoms with van der Waals surface area (Å²) >= 11 is 5.92. The maximum Gasteiger partial charge on any atom is 0.327 e. The number of oxime groups is 1. The van der Waals surface area contributed by atoms with Crippen molar-refractivity contribution in [1.82, 2.24) is 0 Å². The Morgan fingerprint density at radius 2 is 2.39 bits per heavy atom. The number of carbonyl (C=O) groups is 1. The van der Waals surface area contributed by atoms with Crippen LogP contribution in [0.15, 0.2) is 23.4 Å². The van der Waals surface area contributed by atoms with Crippen molar-refractivity contribution in [2.45, 2.75) is 6.04 Å². The van der Waals surface area contributed by atoms with Crippen molar-refractivity contribution in [3.8, 4) is 11.8 Å². The molecule has 0 spiro atoms. The van der Waals surface area contributed by atoms with E-state index in [1.165, 1.54) is 25.3 Å². The van der Waals surface area contributed by atoms with Crippen LogP contribution in [0.2, 0.25) is 5.02 Å². The zero-order valence-electron chi connectivity index (χ0n) is 9.46. The van der Waals surface area contributed by atoms with Gasteiger partial charge in [0.25, 0.3) is 0 Å². The summed E-state index contributed by atoms with van der Waals surface area (Å²) in [4.78, 5) is 16.2. The largest absolute Gasteiger partial charge is 0.468 e. The van der Waals surface area contributed by atoms with E-state index in [9.17, 15) is 4.79 Å². The highest BCUT2D eigenvalue weighted by Crippen LogP contribution is 2.27. The van der Waals surface area contributed by atoms with Crippen LogP contribution in [-0.4, -0.2) is 19.3 Å². The molecule has 18 heavy (non-hydrogen) atoms. The SMILES string of the molecule is COC(=O)C(N)c1cc(O/N=C/C#N)ccc1Cl. The number of carbonyl (C=O) groups excluding carboxylic acids is 1. The third kappa shape index (κ3) is 3.45. The number of methoxy groups -OCH3 is 1. The first-order valence-electron chi connectivity index (χ1n) is 4.81. The number of ether oxygens (including phenoxy) is 1. The quantitative estimate of drug-likeness (QED) is 0.505. The summed E-state index contributed by atoms with van der Waals surface area (Å²) in [6, 6.07) is 5.16. The normalized spacial score (nSPS) is 11.9. The molecule has 1 aromatic rings. The summed E-state index contributed by atoms with van der Waals surface area (Å²) in [5.41, 5.74) is 6.02. The molecule has 1 unspecified atom stereocenters. The first kappa shape index (κ1) is 14.0. The Balaban J connectivity index is 2.98. The second kappa shape index (κ2) is 6.59. The molecule has 6 nitrogen and oxygen atoms in total. The molecule has 0 saturated carbocycles. The fraction of sp³-hybridized carbons (Fsp3) is 0.182. The highest BCUT2D eigenvalue weighted by atomic mass is 35.5. The molecule has 0 aliphatic rings. The van der Waals surface area contributed by atoms with Crippen molar-refractivity contribution >= 4 is 23.8 Å². The second-order valence-electron chi connectivity index (χ2n) is 3.14. The number of rotatable bonds is 4. The smallest absolute Gasteiger partial charge is 0.327 e. The Hall–Kier alpha value is -2.10. The minimum atomic E-state index is -1.01. The molecule has 0 aliphatic carbocycles. The van der Waals surface area contributed by atoms with Crippen LogP contribution in [0.25, 0.3) is 0 Å². The lowest BCUT2D eigenvalue weighted by atomic mass is 10.1. The van der Waals surface area contributed by atoms with Crippen molar-refractivity contribution in [2.24, 2.45) is 10.9 Å². The molecule has 0 aliphatic heterocycles. The number of esters is 1. The average molecular weight is 268 g/mol. The molecule has 94 valence electrons. The van der Waals surface area contributed by atoms with Crippen LogP contribution < -0.4 is 10.6 Å². The van der Waals surface area contributed by atoms with E-state index in [-0.39, 0.29) is 0 Å². The third-order valence-corrected chi connectivity index (χ3v) is 2.37. The third-order valence-electron chi connectivity index (χ3n) is 2.03. The van der Waals surface area contributed by atoms with Crippen LogP contribution in [0, 0.1) is 11.3 Å². The van der Waals surface area contributed by atoms with Crippen molar-refractivity contribution < 1.29 is 14.4 Å². The first-order chi connectivity index (χ1) is 8.60. The maximum absolute atomic E-state index is 11.3. The van der Waals surface area contributed by atoms with Gasteiger partial charge in [0.2, 0.25) is 0 Å². The van der Waals surface area contributed by atoms with Gasteiger partial charge in [0.15, 0.2) is 5.75 Å². The standard InChI is InChI=1S/C11H10ClN3O3/c1-17-11(16)10(14)8-6-7(2-3-9(8)12)18-15-5-4-13/h2-3,5-6,10H,14H2,1H3/b15-5+. The van der Waals surface area contributed by atoms with Gasteiger partial charge in [-0.25, -0.2) is 0 Å². The Morgan fingerprint density at radius 3 is 3.00 bits per heavy atom. The number of nitrogens with two attached hydrogens (primary N) is 1. The Kier molecular flexibility index (Phi) is 5.11. The Bertz CT molecular complexity index is 511. The number of hydrogen-bond donors (Lipinski definition) is 1. The molecule has 0 aromatic heterocycles. The molecule has 1 aromatic carbocycles. The summed E-state index contributed by atoms with van der Waals surface area (Å²) in [6.07, 6.45) is 0.925. The molecule has 7 heteroatoms. The summed E-state index contributed by atoms with van der Waals surface area (Å²) in [5.74, 6) is -0.310. The molecule has 0 radical (unpaired) electrons. The number of halogens is 1. The first-order valence-corrected chi connectivity index (χ1v) is 5.19. The zero-order chi connectivity index (χ0) is 13.5. The van der Waals surface area contributed by atoms with E-state index in [2.05, 4.69) is 9.89 Å². The van der Waals surface area contributed by atoms with E-state index in [1.807, 2.05) is 0 Å². The topological polar surface area (TPSA) is 97.7 Å². The minimum Gasteiger partial charge on any atom is -0.468 e. The van der Waals surface area contributed by atoms with E-state index in [4.69, 9.17) is 27.4 Å². The molecular formula is C11H10ClN3O3. The zero-order valence-corrected chi connectivity index (χ0v) is 10.2. The van der Waals surface area contributed by atoms with Gasteiger partial charge in [0, 0.05) is 10.6 Å². The average Bonchev–Trinajstić information content (AvgIpc) is 2.39. The fourth-order valence-corrected chi connectivity index (χ4v) is 1.42. The van der Waals surface area contributed by atoms with E-state index < -0.39 is 12.0 Å². The predicted molar refractivity (Wildman–Crippen MR) is 65.1 cm³/mol. The van der Waals surface area contributed by atoms with Gasteiger partial charge >= 0.3 is 5.97 Å². The second-order valence-corrected chi connectivity index (χ2v) is 3.55. The molecule has 0 heterocycles. The summed E-state index contributed by atoms with van der Waals surface area (Å²) in [5, 5.41) is 11.9. The van der Waals surface area contributed by atoms with Crippen LogP contribution in [0.3, 0.4) is 0 Å². The van der Waals surface area contributed by atoms with E-state index in [0.29, 0.717) is 16.3 Å². The van der Waals surface area contributed by atoms with Crippen LogP contribution >= 0.6 is 11.6 Å². The van der Waals surface area contributed by atoms with E-state index >= 15 is 0 Å². The van der Waals surface area contributed by atoms with Gasteiger partial charge in [0.1, 0.15) is 18.3 Å². The molecule has 0 saturated heterocycles. The van der Waals surface area contributed by atoms with Crippen molar-refractivity contribution in [3.63, 3.8) is 0 Å². The molecule has 2 N–H and O–H groups in total. The lowest BCUT2D eigenvalue weighted by molar-refractivity contribution is -0.142. The van der Waals surface area contributed by atoms with Gasteiger partial charge in [-0.2, -0.15) is 5.26 Å². The highest BCUT2D eigenvalue weighted by molar-refractivity contribution is 6.31. The molecule has 0 amide bonds.